The van der Waals surface area contributed by atoms with E-state index >= 15 is 0 Å². The Kier molecular flexibility index (Phi) is 1.19. The lowest BCUT2D eigenvalue weighted by Gasteiger charge is -1.97. The molecule has 1 heterocycles. The summed E-state index contributed by atoms with van der Waals surface area (Å²) < 4.78 is 6.72. The smallest absolute Gasteiger partial charge is 0.168 e. The average molecular weight is 197 g/mol. The minimum Gasteiger partial charge on any atom is -0.478 e. The van der Waals surface area contributed by atoms with E-state index in [9.17, 15) is 0 Å². The lowest BCUT2D eigenvalue weighted by atomic mass is 11.0. The van der Waals surface area contributed by atoms with Gasteiger partial charge in [-0.1, -0.05) is 0 Å². The summed E-state index contributed by atoms with van der Waals surface area (Å²) in [5.41, 5.74) is 0. The summed E-state index contributed by atoms with van der Waals surface area (Å²) >= 11 is 2.15. The Hall–Kier alpha value is 0.0700. The molecule has 34 valence electrons. The maximum Gasteiger partial charge on any atom is 0.168 e. The fourth-order valence-corrected chi connectivity index (χ4v) is 0.558. The summed E-state index contributed by atoms with van der Waals surface area (Å²) in [5.74, 6) is 0. The third-order valence-electron chi connectivity index (χ3n) is 0.517. The van der Waals surface area contributed by atoms with Gasteiger partial charge in [-0.3, -0.25) is 3.11 Å². The lowest BCUT2D eigenvalue weighted by molar-refractivity contribution is 0.236. The number of nitrogens with zero attached hydrogens (tertiary/aromatic N) is 1. The van der Waals surface area contributed by atoms with E-state index in [0.29, 0.717) is 6.73 Å². The molecular weight excluding hydrogens is 193 g/mol. The quantitative estimate of drug-likeness (QED) is 0.425. The van der Waals surface area contributed by atoms with E-state index in [0.717, 1.165) is 0 Å². The van der Waals surface area contributed by atoms with E-state index in [1.165, 1.54) is 0 Å². The van der Waals surface area contributed by atoms with Crippen molar-refractivity contribution in [3.05, 3.63) is 12.5 Å². The molecule has 0 saturated heterocycles. The van der Waals surface area contributed by atoms with E-state index in [1.807, 2.05) is 9.31 Å². The average Bonchev–Trinajstić information content (AvgIpc) is 1.86. The minimum absolute atomic E-state index is 0.695. The number of rotatable bonds is 0. The molecular formula is C3H4INO. The molecule has 0 saturated carbocycles. The summed E-state index contributed by atoms with van der Waals surface area (Å²) in [6.45, 7) is 0.695. The minimum atomic E-state index is 0.695. The van der Waals surface area contributed by atoms with Crippen LogP contribution in [-0.2, 0) is 4.74 Å². The van der Waals surface area contributed by atoms with Crippen molar-refractivity contribution < 1.29 is 4.74 Å². The van der Waals surface area contributed by atoms with Gasteiger partial charge >= 0.3 is 0 Å². The Balaban J connectivity index is 2.38. The van der Waals surface area contributed by atoms with Crippen molar-refractivity contribution in [2.24, 2.45) is 0 Å². The first kappa shape index (κ1) is 4.23. The van der Waals surface area contributed by atoms with Crippen LogP contribution >= 0.6 is 22.9 Å². The molecule has 1 aliphatic heterocycles. The maximum atomic E-state index is 4.79. The zero-order valence-electron chi connectivity index (χ0n) is 3.10. The number of hydrogen-bond acceptors (Lipinski definition) is 2. The molecule has 0 unspecified atom stereocenters. The van der Waals surface area contributed by atoms with Gasteiger partial charge in [0.2, 0.25) is 0 Å². The first-order chi connectivity index (χ1) is 2.89. The zero-order chi connectivity index (χ0) is 4.41. The van der Waals surface area contributed by atoms with Gasteiger partial charge in [-0.15, -0.1) is 0 Å². The molecule has 3 heteroatoms. The second kappa shape index (κ2) is 1.68. The Morgan fingerprint density at radius 1 is 1.83 bits per heavy atom. The van der Waals surface area contributed by atoms with Crippen molar-refractivity contribution in [3.63, 3.8) is 0 Å². The third-order valence-corrected chi connectivity index (χ3v) is 1.12. The maximum absolute atomic E-state index is 4.79. The number of halogens is 1. The predicted octanol–water partition coefficient (Wildman–Crippen LogP) is 1.10. The van der Waals surface area contributed by atoms with E-state index in [4.69, 9.17) is 4.74 Å². The van der Waals surface area contributed by atoms with Crippen molar-refractivity contribution in [2.45, 2.75) is 0 Å². The topological polar surface area (TPSA) is 12.5 Å². The van der Waals surface area contributed by atoms with Crippen LogP contribution < -0.4 is 0 Å². The molecule has 0 N–H and O–H groups in total. The first-order valence-corrected chi connectivity index (χ1v) is 2.57. The van der Waals surface area contributed by atoms with Crippen LogP contribution in [0.3, 0.4) is 0 Å². The van der Waals surface area contributed by atoms with Crippen LogP contribution in [0, 0.1) is 0 Å². The Bertz CT molecular complexity index is 73.2. The third kappa shape index (κ3) is 0.767. The molecule has 0 aromatic carbocycles. The lowest BCUT2D eigenvalue weighted by Crippen LogP contribution is -1.96. The van der Waals surface area contributed by atoms with Gasteiger partial charge in [0.15, 0.2) is 6.73 Å². The molecule has 1 aliphatic rings. The van der Waals surface area contributed by atoms with E-state index in [2.05, 4.69) is 22.9 Å². The second-order valence-corrected chi connectivity index (χ2v) is 2.22. The van der Waals surface area contributed by atoms with Crippen LogP contribution in [0.25, 0.3) is 0 Å². The predicted molar refractivity (Wildman–Crippen MR) is 31.0 cm³/mol. The van der Waals surface area contributed by atoms with E-state index in [1.54, 1.807) is 6.26 Å². The van der Waals surface area contributed by atoms with Gasteiger partial charge in [0.25, 0.3) is 0 Å². The number of ether oxygens (including phenoxy) is 1. The molecule has 0 aromatic heterocycles. The van der Waals surface area contributed by atoms with Crippen LogP contribution in [0.15, 0.2) is 12.5 Å². The summed E-state index contributed by atoms with van der Waals surface area (Å²) in [7, 11) is 0. The monoisotopic (exact) mass is 197 g/mol. The van der Waals surface area contributed by atoms with Gasteiger partial charge in [-0.2, -0.15) is 0 Å². The Morgan fingerprint density at radius 3 is 2.83 bits per heavy atom. The van der Waals surface area contributed by atoms with Crippen molar-refractivity contribution in [1.82, 2.24) is 3.11 Å². The molecule has 0 atom stereocenters. The van der Waals surface area contributed by atoms with Crippen LogP contribution in [0.1, 0.15) is 0 Å². The highest BCUT2D eigenvalue weighted by Crippen LogP contribution is 2.05. The van der Waals surface area contributed by atoms with Gasteiger partial charge in [-0.05, 0) is 0 Å². The SMILES string of the molecule is IN1C=COC1. The molecule has 0 spiro atoms. The number of hydrogen-bond donors (Lipinski definition) is 0. The highest BCUT2D eigenvalue weighted by atomic mass is 127. The Labute approximate surface area is 50.3 Å². The van der Waals surface area contributed by atoms with Crippen LogP contribution in [0.4, 0.5) is 0 Å². The largest absolute Gasteiger partial charge is 0.478 e. The van der Waals surface area contributed by atoms with Crippen LogP contribution in [0.5, 0.6) is 0 Å². The molecule has 1 rings (SSSR count). The molecule has 0 radical (unpaired) electrons. The first-order valence-electron chi connectivity index (χ1n) is 1.60. The highest BCUT2D eigenvalue weighted by molar-refractivity contribution is 14.1. The summed E-state index contributed by atoms with van der Waals surface area (Å²) in [6.07, 6.45) is 3.55. The molecule has 0 fully saturated rings. The van der Waals surface area contributed by atoms with Gasteiger partial charge < -0.3 is 4.74 Å². The molecule has 0 amide bonds. The zero-order valence-corrected chi connectivity index (χ0v) is 5.25. The van der Waals surface area contributed by atoms with Gasteiger partial charge in [0.05, 0.1) is 22.9 Å². The van der Waals surface area contributed by atoms with E-state index in [-0.39, 0.29) is 0 Å². The van der Waals surface area contributed by atoms with Crippen molar-refractivity contribution in [1.29, 1.82) is 0 Å². The van der Waals surface area contributed by atoms with E-state index < -0.39 is 0 Å². The van der Waals surface area contributed by atoms with Gasteiger partial charge in [0.1, 0.15) is 6.26 Å². The molecule has 0 bridgehead atoms. The van der Waals surface area contributed by atoms with Crippen LogP contribution in [-0.4, -0.2) is 9.84 Å². The standard InChI is InChI=1S/C3H4INO/c4-5-1-2-6-3-5/h1-2H,3H2. The van der Waals surface area contributed by atoms with Crippen molar-refractivity contribution in [2.75, 3.05) is 6.73 Å². The Morgan fingerprint density at radius 2 is 2.67 bits per heavy atom. The molecule has 0 aliphatic carbocycles. The van der Waals surface area contributed by atoms with Crippen molar-refractivity contribution in [3.8, 4) is 0 Å². The van der Waals surface area contributed by atoms with Gasteiger partial charge in [-0.25, -0.2) is 0 Å². The molecule has 0 aromatic rings. The van der Waals surface area contributed by atoms with Crippen LogP contribution in [0.2, 0.25) is 0 Å². The second-order valence-electron chi connectivity index (χ2n) is 0.981. The molecule has 6 heavy (non-hydrogen) atoms. The van der Waals surface area contributed by atoms with Crippen molar-refractivity contribution >= 4 is 22.9 Å². The molecule has 2 nitrogen and oxygen atoms in total. The fourth-order valence-electron chi connectivity index (χ4n) is 0.266. The summed E-state index contributed by atoms with van der Waals surface area (Å²) in [4.78, 5) is 0. The van der Waals surface area contributed by atoms with Gasteiger partial charge in [0, 0.05) is 6.20 Å². The highest BCUT2D eigenvalue weighted by Gasteiger charge is 1.95. The summed E-state index contributed by atoms with van der Waals surface area (Å²) in [5, 5.41) is 0. The normalized spacial score (nSPS) is 18.5. The summed E-state index contributed by atoms with van der Waals surface area (Å²) in [6, 6.07) is 0. The fraction of sp³-hybridized carbons (Fsp3) is 0.333.